The quantitative estimate of drug-likeness (QED) is 0.256. The lowest BCUT2D eigenvalue weighted by atomic mass is 9.38. The highest BCUT2D eigenvalue weighted by Gasteiger charge is 2.70. The molecule has 0 amide bonds. The summed E-state index contributed by atoms with van der Waals surface area (Å²) in [6.07, 6.45) is 4.74. The summed E-state index contributed by atoms with van der Waals surface area (Å²) in [6.45, 7) is 6.81. The Balaban J connectivity index is 1.70. The molecular weight excluding hydrogens is 457 g/mol. The molecule has 0 aliphatic heterocycles. The van der Waals surface area contributed by atoms with Gasteiger partial charge in [0.1, 0.15) is 0 Å². The zero-order valence-corrected chi connectivity index (χ0v) is 18.6. The van der Waals surface area contributed by atoms with E-state index < -0.39 is 17.1 Å². The molecular formula is C23H29F2IO. The number of alkyl halides is 3. The number of carbonyl (C=O) groups is 1. The predicted molar refractivity (Wildman–Crippen MR) is 113 cm³/mol. The van der Waals surface area contributed by atoms with Crippen LogP contribution >= 0.6 is 22.6 Å². The molecule has 1 aromatic rings. The molecule has 0 spiro atoms. The third-order valence-electron chi connectivity index (χ3n) is 8.50. The summed E-state index contributed by atoms with van der Waals surface area (Å²) >= 11 is 2.49. The number of hydrogen-bond acceptors (Lipinski definition) is 1. The van der Waals surface area contributed by atoms with E-state index in [4.69, 9.17) is 0 Å². The van der Waals surface area contributed by atoms with Gasteiger partial charge in [-0.25, -0.2) is 0 Å². The van der Waals surface area contributed by atoms with Crippen LogP contribution in [-0.4, -0.2) is 15.6 Å². The van der Waals surface area contributed by atoms with E-state index in [1.54, 1.807) is 18.2 Å². The summed E-state index contributed by atoms with van der Waals surface area (Å²) in [5.74, 6) is -3.45. The van der Waals surface area contributed by atoms with E-state index in [2.05, 4.69) is 43.4 Å². The van der Waals surface area contributed by atoms with Crippen molar-refractivity contribution in [1.29, 1.82) is 0 Å². The fourth-order valence-electron chi connectivity index (χ4n) is 6.89. The minimum absolute atomic E-state index is 0.0916. The summed E-state index contributed by atoms with van der Waals surface area (Å²) in [5.41, 5.74) is -0.122. The third-order valence-corrected chi connectivity index (χ3v) is 10.5. The summed E-state index contributed by atoms with van der Waals surface area (Å²) < 4.78 is 31.2. The number of Topliss-reactive ketones (excluding diaryl/α,β-unsaturated/α-hetero) is 1. The molecule has 27 heavy (non-hydrogen) atoms. The molecule has 4 heteroatoms. The van der Waals surface area contributed by atoms with E-state index in [9.17, 15) is 4.79 Å². The second kappa shape index (κ2) is 6.24. The molecule has 3 fully saturated rings. The minimum atomic E-state index is -3.30. The van der Waals surface area contributed by atoms with Gasteiger partial charge in [0.05, 0.1) is 0 Å². The largest absolute Gasteiger partial charge is 0.310 e. The predicted octanol–water partition coefficient (Wildman–Crippen LogP) is 6.94. The lowest BCUT2D eigenvalue weighted by Gasteiger charge is -2.67. The molecule has 0 radical (unpaired) electrons. The average molecular weight is 486 g/mol. The van der Waals surface area contributed by atoms with Crippen LogP contribution < -0.4 is 0 Å². The Morgan fingerprint density at radius 1 is 1.11 bits per heavy atom. The standard InChI is InChI=1S/C23H29F2IO/c1-20(2)13-17-16(20)9-11-21(3)18(26)10-12-22(17,21)14-23(24,25)19(27)15-7-5-4-6-8-15/h4-8,16-18H,9-14H2,1-3H3. The molecule has 0 aromatic heterocycles. The van der Waals surface area contributed by atoms with E-state index in [1.165, 1.54) is 12.1 Å². The monoisotopic (exact) mass is 486 g/mol. The second-order valence-corrected chi connectivity index (χ2v) is 11.6. The molecule has 1 aromatic carbocycles. The van der Waals surface area contributed by atoms with E-state index >= 15 is 8.78 Å². The van der Waals surface area contributed by atoms with Gasteiger partial charge in [-0.2, -0.15) is 8.78 Å². The number of ketones is 1. The van der Waals surface area contributed by atoms with Crippen molar-refractivity contribution in [2.45, 2.75) is 69.1 Å². The van der Waals surface area contributed by atoms with Gasteiger partial charge >= 0.3 is 5.92 Å². The molecule has 5 unspecified atom stereocenters. The zero-order valence-electron chi connectivity index (χ0n) is 16.4. The number of rotatable bonds is 4. The first-order valence-electron chi connectivity index (χ1n) is 10.2. The number of fused-ring (bicyclic) bond motifs is 3. The second-order valence-electron chi connectivity index (χ2n) is 10.1. The van der Waals surface area contributed by atoms with Crippen molar-refractivity contribution < 1.29 is 13.6 Å². The summed E-state index contributed by atoms with van der Waals surface area (Å²) in [5, 5.41) is 0. The van der Waals surface area contributed by atoms with Gasteiger partial charge in [-0.3, -0.25) is 4.79 Å². The lowest BCUT2D eigenvalue weighted by Crippen LogP contribution is -2.62. The van der Waals surface area contributed by atoms with Gasteiger partial charge in [-0.1, -0.05) is 73.7 Å². The fraction of sp³-hybridized carbons (Fsp3) is 0.696. The first kappa shape index (κ1) is 19.8. The molecule has 0 N–H and O–H groups in total. The maximum atomic E-state index is 15.4. The van der Waals surface area contributed by atoms with Gasteiger partial charge in [0.25, 0.3) is 0 Å². The molecule has 4 rings (SSSR count). The van der Waals surface area contributed by atoms with E-state index in [0.29, 0.717) is 15.8 Å². The number of hydrogen-bond donors (Lipinski definition) is 0. The maximum Gasteiger partial charge on any atom is 0.310 e. The molecule has 3 saturated carbocycles. The third kappa shape index (κ3) is 2.75. The molecule has 0 heterocycles. The lowest BCUT2D eigenvalue weighted by molar-refractivity contribution is -0.196. The Labute approximate surface area is 174 Å². The van der Waals surface area contributed by atoms with Crippen molar-refractivity contribution >= 4 is 28.4 Å². The van der Waals surface area contributed by atoms with Gasteiger partial charge in [0.15, 0.2) is 0 Å². The Morgan fingerprint density at radius 2 is 1.78 bits per heavy atom. The molecule has 1 nitrogen and oxygen atoms in total. The number of carbonyl (C=O) groups excluding carboxylic acids is 1. The highest BCUT2D eigenvalue weighted by Crippen LogP contribution is 2.76. The van der Waals surface area contributed by atoms with Crippen molar-refractivity contribution in [3.63, 3.8) is 0 Å². The van der Waals surface area contributed by atoms with Crippen molar-refractivity contribution in [2.75, 3.05) is 0 Å². The molecule has 3 aliphatic rings. The maximum absolute atomic E-state index is 15.4. The summed E-state index contributed by atoms with van der Waals surface area (Å²) in [7, 11) is 0. The van der Waals surface area contributed by atoms with Crippen molar-refractivity contribution in [1.82, 2.24) is 0 Å². The SMILES string of the molecule is CC1(C)CC2C1CCC1(C)C(I)CCC21CC(F)(F)C(=O)c1ccccc1. The van der Waals surface area contributed by atoms with Crippen LogP contribution in [0.2, 0.25) is 0 Å². The Hall–Kier alpha value is -0.520. The highest BCUT2D eigenvalue weighted by atomic mass is 127. The minimum Gasteiger partial charge on any atom is -0.287 e. The van der Waals surface area contributed by atoms with E-state index in [-0.39, 0.29) is 22.8 Å². The molecule has 0 bridgehead atoms. The Bertz CT molecular complexity index is 746. The van der Waals surface area contributed by atoms with Gasteiger partial charge in [0.2, 0.25) is 5.78 Å². The average Bonchev–Trinajstić information content (AvgIpc) is 2.86. The van der Waals surface area contributed by atoms with Crippen LogP contribution in [0, 0.1) is 28.1 Å². The Morgan fingerprint density at radius 3 is 2.41 bits per heavy atom. The first-order valence-corrected chi connectivity index (χ1v) is 11.4. The number of benzene rings is 1. The van der Waals surface area contributed by atoms with Crippen molar-refractivity contribution in [2.24, 2.45) is 28.1 Å². The molecule has 148 valence electrons. The van der Waals surface area contributed by atoms with Crippen LogP contribution in [0.25, 0.3) is 0 Å². The van der Waals surface area contributed by atoms with Crippen LogP contribution in [0.5, 0.6) is 0 Å². The smallest absolute Gasteiger partial charge is 0.287 e. The van der Waals surface area contributed by atoms with Crippen LogP contribution in [-0.2, 0) is 0 Å². The molecule has 3 aliphatic carbocycles. The molecule has 5 atom stereocenters. The van der Waals surface area contributed by atoms with Gasteiger partial charge < -0.3 is 0 Å². The van der Waals surface area contributed by atoms with E-state index in [1.807, 2.05) is 0 Å². The van der Waals surface area contributed by atoms with Gasteiger partial charge in [-0.05, 0) is 60.2 Å². The summed E-state index contributed by atoms with van der Waals surface area (Å²) in [6, 6.07) is 8.10. The first-order chi connectivity index (χ1) is 12.5. The number of halogens is 3. The van der Waals surface area contributed by atoms with Crippen LogP contribution in [0.4, 0.5) is 8.78 Å². The van der Waals surface area contributed by atoms with Crippen LogP contribution in [0.1, 0.15) is 69.7 Å². The van der Waals surface area contributed by atoms with Gasteiger partial charge in [-0.15, -0.1) is 0 Å². The van der Waals surface area contributed by atoms with Crippen LogP contribution in [0.15, 0.2) is 30.3 Å². The van der Waals surface area contributed by atoms with Crippen LogP contribution in [0.3, 0.4) is 0 Å². The highest BCUT2D eigenvalue weighted by molar-refractivity contribution is 14.1. The fourth-order valence-corrected chi connectivity index (χ4v) is 8.13. The normalized spacial score (nSPS) is 40.0. The van der Waals surface area contributed by atoms with Gasteiger partial charge in [0, 0.05) is 15.9 Å². The zero-order chi connectivity index (χ0) is 19.7. The van der Waals surface area contributed by atoms with Crippen molar-refractivity contribution in [3.05, 3.63) is 35.9 Å². The topological polar surface area (TPSA) is 17.1 Å². The molecule has 0 saturated heterocycles. The van der Waals surface area contributed by atoms with Crippen molar-refractivity contribution in [3.8, 4) is 0 Å². The summed E-state index contributed by atoms with van der Waals surface area (Å²) in [4.78, 5) is 12.7. The van der Waals surface area contributed by atoms with E-state index in [0.717, 1.165) is 32.1 Å². The Kier molecular flexibility index (Phi) is 4.57.